The second kappa shape index (κ2) is 5.87. The number of hydrogen-bond acceptors (Lipinski definition) is 2. The lowest BCUT2D eigenvalue weighted by molar-refractivity contribution is 0.0315. The monoisotopic (exact) mass is 250 g/mol. The molecule has 0 unspecified atom stereocenters. The van der Waals surface area contributed by atoms with Crippen LogP contribution < -0.4 is 0 Å². The van der Waals surface area contributed by atoms with E-state index in [9.17, 15) is 5.11 Å². The molecule has 2 rings (SSSR count). The highest BCUT2D eigenvalue weighted by atomic mass is 16.3. The van der Waals surface area contributed by atoms with Gasteiger partial charge in [-0.3, -0.25) is 4.68 Å². The van der Waals surface area contributed by atoms with E-state index in [4.69, 9.17) is 0 Å². The van der Waals surface area contributed by atoms with E-state index in [1.807, 2.05) is 13.8 Å². The Bertz CT molecular complexity index is 362. The maximum Gasteiger partial charge on any atom is 0.0698 e. The lowest BCUT2D eigenvalue weighted by atomic mass is 9.92. The normalized spacial score (nSPS) is 18.2. The SMILES string of the molecule is CCC(O)(CC)Cc1ccn(C2CCCCC2)n1. The molecule has 1 aliphatic carbocycles. The van der Waals surface area contributed by atoms with Crippen molar-refractivity contribution in [3.8, 4) is 0 Å². The number of aliphatic hydroxyl groups is 1. The van der Waals surface area contributed by atoms with Gasteiger partial charge in [0.15, 0.2) is 0 Å². The minimum atomic E-state index is -0.578. The van der Waals surface area contributed by atoms with Crippen LogP contribution in [0.5, 0.6) is 0 Å². The largest absolute Gasteiger partial charge is 0.390 e. The highest BCUT2D eigenvalue weighted by molar-refractivity contribution is 5.04. The summed E-state index contributed by atoms with van der Waals surface area (Å²) in [5.74, 6) is 0. The number of nitrogens with zero attached hydrogens (tertiary/aromatic N) is 2. The molecule has 1 aliphatic rings. The van der Waals surface area contributed by atoms with Crippen LogP contribution in [-0.4, -0.2) is 20.5 Å². The molecule has 1 heterocycles. The number of aromatic nitrogens is 2. The summed E-state index contributed by atoms with van der Waals surface area (Å²) in [4.78, 5) is 0. The standard InChI is InChI=1S/C15H26N2O/c1-3-15(18,4-2)12-13-10-11-17(16-13)14-8-6-5-7-9-14/h10-11,14,18H,3-9,12H2,1-2H3. The molecule has 3 nitrogen and oxygen atoms in total. The first kappa shape index (κ1) is 13.6. The maximum atomic E-state index is 10.4. The first-order valence-corrected chi connectivity index (χ1v) is 7.43. The Morgan fingerprint density at radius 3 is 2.56 bits per heavy atom. The van der Waals surface area contributed by atoms with Crippen molar-refractivity contribution in [2.75, 3.05) is 0 Å². The molecule has 0 aliphatic heterocycles. The molecule has 3 heteroatoms. The van der Waals surface area contributed by atoms with Gasteiger partial charge in [0.25, 0.3) is 0 Å². The molecule has 0 saturated heterocycles. The Morgan fingerprint density at radius 2 is 1.94 bits per heavy atom. The van der Waals surface area contributed by atoms with E-state index in [0.717, 1.165) is 18.5 Å². The van der Waals surface area contributed by atoms with Crippen LogP contribution in [0.3, 0.4) is 0 Å². The summed E-state index contributed by atoms with van der Waals surface area (Å²) in [5, 5.41) is 15.0. The van der Waals surface area contributed by atoms with Gasteiger partial charge in [-0.1, -0.05) is 33.1 Å². The Hall–Kier alpha value is -0.830. The second-order valence-corrected chi connectivity index (χ2v) is 5.69. The molecule has 0 atom stereocenters. The van der Waals surface area contributed by atoms with E-state index < -0.39 is 5.60 Å². The summed E-state index contributed by atoms with van der Waals surface area (Å²) in [7, 11) is 0. The summed E-state index contributed by atoms with van der Waals surface area (Å²) in [6.07, 6.45) is 10.9. The predicted molar refractivity (Wildman–Crippen MR) is 73.6 cm³/mol. The van der Waals surface area contributed by atoms with Crippen LogP contribution in [-0.2, 0) is 6.42 Å². The van der Waals surface area contributed by atoms with Crippen molar-refractivity contribution < 1.29 is 5.11 Å². The van der Waals surface area contributed by atoms with Crippen molar-refractivity contribution in [1.29, 1.82) is 0 Å². The summed E-state index contributed by atoms with van der Waals surface area (Å²) < 4.78 is 2.13. The van der Waals surface area contributed by atoms with Crippen molar-refractivity contribution >= 4 is 0 Å². The molecule has 102 valence electrons. The van der Waals surface area contributed by atoms with Crippen LogP contribution in [0.15, 0.2) is 12.3 Å². The fraction of sp³-hybridized carbons (Fsp3) is 0.800. The summed E-state index contributed by atoms with van der Waals surface area (Å²) in [6.45, 7) is 4.09. The van der Waals surface area contributed by atoms with Crippen LogP contribution in [0.25, 0.3) is 0 Å². The highest BCUT2D eigenvalue weighted by Gasteiger charge is 2.24. The highest BCUT2D eigenvalue weighted by Crippen LogP contribution is 2.28. The summed E-state index contributed by atoms with van der Waals surface area (Å²) in [5.41, 5.74) is 0.456. The third kappa shape index (κ3) is 3.14. The van der Waals surface area contributed by atoms with Crippen LogP contribution in [0.4, 0.5) is 0 Å². The third-order valence-corrected chi connectivity index (χ3v) is 4.44. The average molecular weight is 250 g/mol. The Kier molecular flexibility index (Phi) is 4.44. The predicted octanol–water partition coefficient (Wildman–Crippen LogP) is 3.48. The van der Waals surface area contributed by atoms with Crippen LogP contribution in [0.1, 0.15) is 70.5 Å². The minimum absolute atomic E-state index is 0.578. The lowest BCUT2D eigenvalue weighted by Gasteiger charge is -2.24. The van der Waals surface area contributed by atoms with Gasteiger partial charge in [0, 0.05) is 12.6 Å². The van der Waals surface area contributed by atoms with Crippen LogP contribution in [0, 0.1) is 0 Å². The van der Waals surface area contributed by atoms with Crippen LogP contribution >= 0.6 is 0 Å². The third-order valence-electron chi connectivity index (χ3n) is 4.44. The van der Waals surface area contributed by atoms with Gasteiger partial charge < -0.3 is 5.11 Å². The molecule has 1 aromatic rings. The first-order chi connectivity index (χ1) is 8.67. The van der Waals surface area contributed by atoms with E-state index >= 15 is 0 Å². The van der Waals surface area contributed by atoms with Gasteiger partial charge >= 0.3 is 0 Å². The number of hydrogen-bond donors (Lipinski definition) is 1. The average Bonchev–Trinajstić information content (AvgIpc) is 2.88. The van der Waals surface area contributed by atoms with Gasteiger partial charge in [-0.2, -0.15) is 5.10 Å². The fourth-order valence-electron chi connectivity index (χ4n) is 2.86. The lowest BCUT2D eigenvalue weighted by Crippen LogP contribution is -2.29. The first-order valence-electron chi connectivity index (χ1n) is 7.43. The van der Waals surface area contributed by atoms with Gasteiger partial charge in [0.05, 0.1) is 17.3 Å². The van der Waals surface area contributed by atoms with Crippen molar-refractivity contribution in [3.05, 3.63) is 18.0 Å². The zero-order valence-electron chi connectivity index (χ0n) is 11.7. The topological polar surface area (TPSA) is 38.0 Å². The van der Waals surface area contributed by atoms with E-state index in [0.29, 0.717) is 12.5 Å². The van der Waals surface area contributed by atoms with Gasteiger partial charge in [-0.25, -0.2) is 0 Å². The molecule has 18 heavy (non-hydrogen) atoms. The van der Waals surface area contributed by atoms with Crippen molar-refractivity contribution in [2.24, 2.45) is 0 Å². The van der Waals surface area contributed by atoms with Crippen molar-refractivity contribution in [3.63, 3.8) is 0 Å². The maximum absolute atomic E-state index is 10.4. The molecule has 1 aromatic heterocycles. The molecular formula is C15H26N2O. The molecule has 0 aromatic carbocycles. The van der Waals surface area contributed by atoms with Gasteiger partial charge in [-0.05, 0) is 31.7 Å². The molecule has 0 spiro atoms. The van der Waals surface area contributed by atoms with Crippen molar-refractivity contribution in [1.82, 2.24) is 9.78 Å². The van der Waals surface area contributed by atoms with Gasteiger partial charge in [0.2, 0.25) is 0 Å². The summed E-state index contributed by atoms with van der Waals surface area (Å²) >= 11 is 0. The zero-order valence-corrected chi connectivity index (χ0v) is 11.7. The Morgan fingerprint density at radius 1 is 1.28 bits per heavy atom. The van der Waals surface area contributed by atoms with Gasteiger partial charge in [0.1, 0.15) is 0 Å². The molecule has 0 amide bonds. The Balaban J connectivity index is 2.01. The smallest absolute Gasteiger partial charge is 0.0698 e. The summed E-state index contributed by atoms with van der Waals surface area (Å²) in [6, 6.07) is 2.66. The van der Waals surface area contributed by atoms with E-state index in [1.54, 1.807) is 0 Å². The molecule has 1 fully saturated rings. The van der Waals surface area contributed by atoms with Crippen LogP contribution in [0.2, 0.25) is 0 Å². The zero-order chi connectivity index (χ0) is 13.0. The van der Waals surface area contributed by atoms with E-state index in [-0.39, 0.29) is 0 Å². The second-order valence-electron chi connectivity index (χ2n) is 5.69. The minimum Gasteiger partial charge on any atom is -0.390 e. The Labute approximate surface area is 110 Å². The quantitative estimate of drug-likeness (QED) is 0.868. The van der Waals surface area contributed by atoms with Crippen molar-refractivity contribution in [2.45, 2.75) is 76.9 Å². The molecular weight excluding hydrogens is 224 g/mol. The molecule has 0 bridgehead atoms. The molecule has 1 N–H and O–H groups in total. The molecule has 0 radical (unpaired) electrons. The fourth-order valence-corrected chi connectivity index (χ4v) is 2.86. The van der Waals surface area contributed by atoms with Gasteiger partial charge in [-0.15, -0.1) is 0 Å². The number of rotatable bonds is 5. The molecule has 1 saturated carbocycles. The van der Waals surface area contributed by atoms with E-state index in [2.05, 4.69) is 22.0 Å². The van der Waals surface area contributed by atoms with E-state index in [1.165, 1.54) is 32.1 Å².